The van der Waals surface area contributed by atoms with Crippen LogP contribution in [0.25, 0.3) is 0 Å². The summed E-state index contributed by atoms with van der Waals surface area (Å²) in [5.41, 5.74) is 3.42. The number of amides is 1. The molecule has 2 N–H and O–H groups in total. The Labute approximate surface area is 126 Å². The molecule has 0 fully saturated rings. The molecule has 1 aromatic heterocycles. The molecule has 112 valence electrons. The lowest BCUT2D eigenvalue weighted by Crippen LogP contribution is -2.35. The van der Waals surface area contributed by atoms with Crippen LogP contribution >= 0.6 is 0 Å². The molecule has 4 heteroatoms. The molecule has 0 saturated carbocycles. The summed E-state index contributed by atoms with van der Waals surface area (Å²) in [5, 5.41) is 9.65. The highest BCUT2D eigenvalue weighted by Crippen LogP contribution is 2.15. The predicted molar refractivity (Wildman–Crippen MR) is 84.1 cm³/mol. The molecule has 1 atom stereocenters. The Balaban J connectivity index is 1.83. The van der Waals surface area contributed by atoms with Gasteiger partial charge in [-0.25, -0.2) is 0 Å². The molecular weight excluding hydrogens is 262 g/mol. The van der Waals surface area contributed by atoms with Gasteiger partial charge in [0.2, 0.25) is 5.91 Å². The lowest BCUT2D eigenvalue weighted by atomic mass is 9.99. The van der Waals surface area contributed by atoms with E-state index in [4.69, 9.17) is 0 Å². The number of carbonyl (C=O) groups excluding carboxylic acids is 1. The third-order valence-electron chi connectivity index (χ3n) is 3.51. The van der Waals surface area contributed by atoms with Gasteiger partial charge in [0.15, 0.2) is 0 Å². The van der Waals surface area contributed by atoms with Crippen LogP contribution in [0.15, 0.2) is 36.5 Å². The van der Waals surface area contributed by atoms with E-state index in [1.165, 1.54) is 11.1 Å². The Morgan fingerprint density at radius 3 is 2.48 bits per heavy atom. The normalized spacial score (nSPS) is 12.4. The second kappa shape index (κ2) is 7.07. The molecule has 0 spiro atoms. The highest BCUT2D eigenvalue weighted by molar-refractivity contribution is 5.78. The summed E-state index contributed by atoms with van der Waals surface area (Å²) in [6.45, 7) is 6.40. The third-order valence-corrected chi connectivity index (χ3v) is 3.51. The van der Waals surface area contributed by atoms with Gasteiger partial charge in [-0.15, -0.1) is 0 Å². The van der Waals surface area contributed by atoms with Crippen LogP contribution in [0.1, 0.15) is 43.5 Å². The molecule has 0 aliphatic rings. The molecule has 0 unspecified atom stereocenters. The lowest BCUT2D eigenvalue weighted by molar-refractivity contribution is -0.121. The van der Waals surface area contributed by atoms with E-state index in [0.29, 0.717) is 12.3 Å². The second-order valence-corrected chi connectivity index (χ2v) is 5.83. The fourth-order valence-corrected chi connectivity index (χ4v) is 2.33. The quantitative estimate of drug-likeness (QED) is 0.857. The van der Waals surface area contributed by atoms with Crippen LogP contribution in [-0.4, -0.2) is 22.1 Å². The maximum absolute atomic E-state index is 11.9. The average molecular weight is 285 g/mol. The standard InChI is InChI=1S/C17H23N3O/c1-12(2)15-6-4-14(5-7-15)10-13(3)19-17(21)11-16-8-9-18-20-16/h4-9,12-13H,10-11H2,1-3H3,(H,18,20)(H,19,21)/t13-/m1/s1. The van der Waals surface area contributed by atoms with Crippen molar-refractivity contribution in [2.24, 2.45) is 0 Å². The molecule has 1 aromatic carbocycles. The van der Waals surface area contributed by atoms with Crippen LogP contribution in [0, 0.1) is 0 Å². The van der Waals surface area contributed by atoms with Gasteiger partial charge in [-0.2, -0.15) is 5.10 Å². The Morgan fingerprint density at radius 2 is 1.90 bits per heavy atom. The molecule has 1 amide bonds. The van der Waals surface area contributed by atoms with Crippen LogP contribution in [0.2, 0.25) is 0 Å². The van der Waals surface area contributed by atoms with Crippen molar-refractivity contribution in [1.82, 2.24) is 15.5 Å². The van der Waals surface area contributed by atoms with Crippen LogP contribution in [0.3, 0.4) is 0 Å². The Morgan fingerprint density at radius 1 is 1.19 bits per heavy atom. The summed E-state index contributed by atoms with van der Waals surface area (Å²) in [5.74, 6) is 0.566. The van der Waals surface area contributed by atoms with Gasteiger partial charge >= 0.3 is 0 Å². The molecule has 0 saturated heterocycles. The number of hydrogen-bond donors (Lipinski definition) is 2. The van der Waals surface area contributed by atoms with Gasteiger partial charge in [-0.05, 0) is 36.5 Å². The van der Waals surface area contributed by atoms with Gasteiger partial charge in [0.05, 0.1) is 6.42 Å². The van der Waals surface area contributed by atoms with Crippen LogP contribution in [0.4, 0.5) is 0 Å². The summed E-state index contributed by atoms with van der Waals surface area (Å²) in [4.78, 5) is 11.9. The Kier molecular flexibility index (Phi) is 5.14. The van der Waals surface area contributed by atoms with Crippen LogP contribution in [0.5, 0.6) is 0 Å². The SMILES string of the molecule is CC(C)c1ccc(C[C@@H](C)NC(=O)Cc2ccn[nH]2)cc1. The van der Waals surface area contributed by atoms with Crippen molar-refractivity contribution in [3.63, 3.8) is 0 Å². The molecule has 21 heavy (non-hydrogen) atoms. The fourth-order valence-electron chi connectivity index (χ4n) is 2.33. The average Bonchev–Trinajstić information content (AvgIpc) is 2.91. The van der Waals surface area contributed by atoms with E-state index in [0.717, 1.165) is 12.1 Å². The zero-order valence-corrected chi connectivity index (χ0v) is 12.9. The van der Waals surface area contributed by atoms with Crippen molar-refractivity contribution in [2.75, 3.05) is 0 Å². The maximum atomic E-state index is 11.9. The van der Waals surface area contributed by atoms with E-state index in [9.17, 15) is 4.79 Å². The first-order valence-corrected chi connectivity index (χ1v) is 7.41. The van der Waals surface area contributed by atoms with Gasteiger partial charge in [0.1, 0.15) is 0 Å². The molecule has 0 aliphatic carbocycles. The number of nitrogens with one attached hydrogen (secondary N) is 2. The van der Waals surface area contributed by atoms with E-state index < -0.39 is 0 Å². The van der Waals surface area contributed by atoms with Crippen molar-refractivity contribution < 1.29 is 4.79 Å². The first kappa shape index (κ1) is 15.3. The molecule has 2 rings (SSSR count). The molecule has 2 aromatic rings. The van der Waals surface area contributed by atoms with E-state index in [1.54, 1.807) is 6.20 Å². The summed E-state index contributed by atoms with van der Waals surface area (Å²) >= 11 is 0. The topological polar surface area (TPSA) is 57.8 Å². The molecule has 4 nitrogen and oxygen atoms in total. The van der Waals surface area contributed by atoms with Gasteiger partial charge in [-0.3, -0.25) is 9.89 Å². The number of nitrogens with zero attached hydrogens (tertiary/aromatic N) is 1. The van der Waals surface area contributed by atoms with E-state index in [-0.39, 0.29) is 11.9 Å². The summed E-state index contributed by atoms with van der Waals surface area (Å²) < 4.78 is 0. The monoisotopic (exact) mass is 285 g/mol. The van der Waals surface area contributed by atoms with E-state index in [1.807, 2.05) is 13.0 Å². The number of H-pyrrole nitrogens is 1. The van der Waals surface area contributed by atoms with Crippen LogP contribution in [-0.2, 0) is 17.6 Å². The predicted octanol–water partition coefficient (Wildman–Crippen LogP) is 2.82. The lowest BCUT2D eigenvalue weighted by Gasteiger charge is -2.14. The number of aromatic amines is 1. The summed E-state index contributed by atoms with van der Waals surface area (Å²) in [6, 6.07) is 10.6. The van der Waals surface area contributed by atoms with E-state index in [2.05, 4.69) is 53.6 Å². The number of carbonyl (C=O) groups is 1. The minimum absolute atomic E-state index is 0.0190. The zero-order valence-electron chi connectivity index (χ0n) is 12.9. The number of aromatic nitrogens is 2. The Bertz CT molecular complexity index is 558. The van der Waals surface area contributed by atoms with Gasteiger partial charge in [-0.1, -0.05) is 38.1 Å². The summed E-state index contributed by atoms with van der Waals surface area (Å²) in [6.07, 6.45) is 2.84. The summed E-state index contributed by atoms with van der Waals surface area (Å²) in [7, 11) is 0. The molecular formula is C17H23N3O. The highest BCUT2D eigenvalue weighted by atomic mass is 16.1. The number of rotatable bonds is 6. The molecule has 1 heterocycles. The van der Waals surface area contributed by atoms with E-state index >= 15 is 0 Å². The van der Waals surface area contributed by atoms with Gasteiger partial charge < -0.3 is 5.32 Å². The molecule has 0 aliphatic heterocycles. The highest BCUT2D eigenvalue weighted by Gasteiger charge is 2.10. The fraction of sp³-hybridized carbons (Fsp3) is 0.412. The van der Waals surface area contributed by atoms with Crippen molar-refractivity contribution in [2.45, 2.75) is 45.6 Å². The van der Waals surface area contributed by atoms with Crippen molar-refractivity contribution in [1.29, 1.82) is 0 Å². The number of hydrogen-bond acceptors (Lipinski definition) is 2. The Hall–Kier alpha value is -2.10. The smallest absolute Gasteiger partial charge is 0.226 e. The maximum Gasteiger partial charge on any atom is 0.226 e. The van der Waals surface area contributed by atoms with Crippen molar-refractivity contribution in [3.8, 4) is 0 Å². The molecule has 0 radical (unpaired) electrons. The van der Waals surface area contributed by atoms with Gasteiger partial charge in [0, 0.05) is 17.9 Å². The van der Waals surface area contributed by atoms with Crippen LogP contribution < -0.4 is 5.32 Å². The number of benzene rings is 1. The minimum atomic E-state index is 0.0190. The largest absolute Gasteiger partial charge is 0.353 e. The van der Waals surface area contributed by atoms with Crippen molar-refractivity contribution >= 4 is 5.91 Å². The van der Waals surface area contributed by atoms with Crippen molar-refractivity contribution in [3.05, 3.63) is 53.3 Å². The first-order chi connectivity index (χ1) is 10.0. The zero-order chi connectivity index (χ0) is 15.2. The second-order valence-electron chi connectivity index (χ2n) is 5.83. The third kappa shape index (κ3) is 4.74. The first-order valence-electron chi connectivity index (χ1n) is 7.41. The molecule has 0 bridgehead atoms. The van der Waals surface area contributed by atoms with Gasteiger partial charge in [0.25, 0.3) is 0 Å². The minimum Gasteiger partial charge on any atom is -0.353 e.